The summed E-state index contributed by atoms with van der Waals surface area (Å²) in [5.41, 5.74) is 2.65. The number of urea groups is 1. The van der Waals surface area contributed by atoms with Crippen LogP contribution in [0.25, 0.3) is 0 Å². The van der Waals surface area contributed by atoms with Crippen LogP contribution in [-0.4, -0.2) is 60.1 Å². The highest BCUT2D eigenvalue weighted by atomic mass is 32.2. The Labute approximate surface area is 188 Å². The van der Waals surface area contributed by atoms with Crippen LogP contribution in [0.3, 0.4) is 0 Å². The summed E-state index contributed by atoms with van der Waals surface area (Å²) in [6, 6.07) is 7.62. The monoisotopic (exact) mass is 463 g/mol. The van der Waals surface area contributed by atoms with Gasteiger partial charge in [-0.1, -0.05) is 12.1 Å². The molecule has 8 nitrogen and oxygen atoms in total. The van der Waals surface area contributed by atoms with Gasteiger partial charge in [0.25, 0.3) is 0 Å². The number of pyridine rings is 1. The van der Waals surface area contributed by atoms with Gasteiger partial charge in [-0.15, -0.1) is 0 Å². The molecule has 2 aromatic rings. The van der Waals surface area contributed by atoms with Gasteiger partial charge in [0, 0.05) is 54.9 Å². The van der Waals surface area contributed by atoms with E-state index in [-0.39, 0.29) is 17.5 Å². The molecule has 2 heterocycles. The van der Waals surface area contributed by atoms with Crippen LogP contribution in [-0.2, 0) is 16.6 Å². The molecule has 1 aliphatic rings. The molecule has 0 spiro atoms. The first-order valence-corrected chi connectivity index (χ1v) is 12.2. The molecular formula is C22H30FN5O3S. The van der Waals surface area contributed by atoms with E-state index in [0.29, 0.717) is 37.4 Å². The standard InChI is InChI=1S/C22H30FN5O3S/c1-5-32(30,31)28-10-9-27(13-17(28)4)14-18-7-6-8-20(21(18)23)26-22(29)25-19-11-15(2)24-16(3)12-19/h6-8,11-12,17H,5,9-10,13-14H2,1-4H3,(H2,24,25,26,29)/t17-/m1/s1. The van der Waals surface area contributed by atoms with Crippen LogP contribution in [0.15, 0.2) is 30.3 Å². The summed E-state index contributed by atoms with van der Waals surface area (Å²) < 4.78 is 41.0. The lowest BCUT2D eigenvalue weighted by molar-refractivity contribution is 0.137. The smallest absolute Gasteiger partial charge is 0.308 e. The molecule has 3 rings (SSSR count). The number of nitrogens with zero attached hydrogens (tertiary/aromatic N) is 3. The summed E-state index contributed by atoms with van der Waals surface area (Å²) in [5.74, 6) is -0.429. The van der Waals surface area contributed by atoms with Crippen molar-refractivity contribution in [3.63, 3.8) is 0 Å². The number of sulfonamides is 1. The Morgan fingerprint density at radius 1 is 1.19 bits per heavy atom. The van der Waals surface area contributed by atoms with Gasteiger partial charge in [-0.2, -0.15) is 4.31 Å². The molecule has 1 aromatic carbocycles. The van der Waals surface area contributed by atoms with Crippen LogP contribution in [0.5, 0.6) is 0 Å². The molecule has 0 aliphatic carbocycles. The molecule has 1 aliphatic heterocycles. The Hall–Kier alpha value is -2.56. The normalized spacial score (nSPS) is 17.8. The summed E-state index contributed by atoms with van der Waals surface area (Å²) in [6.45, 7) is 8.89. The van der Waals surface area contributed by atoms with Crippen molar-refractivity contribution in [2.24, 2.45) is 0 Å². The lowest BCUT2D eigenvalue weighted by Crippen LogP contribution is -2.53. The Morgan fingerprint density at radius 3 is 2.50 bits per heavy atom. The Balaban J connectivity index is 1.65. The number of hydrogen-bond donors (Lipinski definition) is 2. The van der Waals surface area contributed by atoms with Crippen molar-refractivity contribution < 1.29 is 17.6 Å². The third-order valence-electron chi connectivity index (χ3n) is 5.43. The lowest BCUT2D eigenvalue weighted by atomic mass is 10.1. The second-order valence-corrected chi connectivity index (χ2v) is 10.3. The number of amides is 2. The van der Waals surface area contributed by atoms with Crippen molar-refractivity contribution in [2.45, 2.75) is 40.3 Å². The molecule has 2 N–H and O–H groups in total. The Morgan fingerprint density at radius 2 is 1.88 bits per heavy atom. The van der Waals surface area contributed by atoms with Gasteiger partial charge in [0.05, 0.1) is 11.4 Å². The molecule has 1 fully saturated rings. The number of aryl methyl sites for hydroxylation is 2. The number of anilines is 2. The number of benzene rings is 1. The molecule has 1 saturated heterocycles. The molecule has 0 bridgehead atoms. The molecule has 10 heteroatoms. The predicted octanol–water partition coefficient (Wildman–Crippen LogP) is 3.34. The average molecular weight is 464 g/mol. The fourth-order valence-corrected chi connectivity index (χ4v) is 5.28. The van der Waals surface area contributed by atoms with Crippen molar-refractivity contribution in [3.05, 3.63) is 53.1 Å². The molecule has 1 aromatic heterocycles. The number of nitrogens with one attached hydrogen (secondary N) is 2. The highest BCUT2D eigenvalue weighted by molar-refractivity contribution is 7.89. The second kappa shape index (κ2) is 9.93. The van der Waals surface area contributed by atoms with E-state index in [4.69, 9.17) is 0 Å². The zero-order valence-electron chi connectivity index (χ0n) is 18.9. The number of aromatic nitrogens is 1. The quantitative estimate of drug-likeness (QED) is 0.685. The number of hydrogen-bond acceptors (Lipinski definition) is 5. The maximum Gasteiger partial charge on any atom is 0.323 e. The van der Waals surface area contributed by atoms with E-state index >= 15 is 4.39 Å². The van der Waals surface area contributed by atoms with Crippen molar-refractivity contribution in [2.75, 3.05) is 36.0 Å². The fourth-order valence-electron chi connectivity index (χ4n) is 3.97. The van der Waals surface area contributed by atoms with Crippen LogP contribution in [0.4, 0.5) is 20.6 Å². The first-order chi connectivity index (χ1) is 15.1. The largest absolute Gasteiger partial charge is 0.323 e. The first kappa shape index (κ1) is 24.1. The number of halogens is 1. The SMILES string of the molecule is CCS(=O)(=O)N1CCN(Cc2cccc(NC(=O)Nc3cc(C)nc(C)c3)c2F)C[C@H]1C. The Kier molecular flexibility index (Phi) is 7.47. The average Bonchev–Trinajstić information content (AvgIpc) is 2.70. The van der Waals surface area contributed by atoms with Gasteiger partial charge in [0.15, 0.2) is 5.82 Å². The highest BCUT2D eigenvalue weighted by Gasteiger charge is 2.31. The molecule has 0 radical (unpaired) electrons. The van der Waals surface area contributed by atoms with E-state index in [0.717, 1.165) is 11.4 Å². The molecule has 0 unspecified atom stereocenters. The molecule has 0 saturated carbocycles. The fraction of sp³-hybridized carbons (Fsp3) is 0.455. The van der Waals surface area contributed by atoms with E-state index in [1.807, 2.05) is 25.7 Å². The van der Waals surface area contributed by atoms with Crippen LogP contribution >= 0.6 is 0 Å². The van der Waals surface area contributed by atoms with Gasteiger partial charge in [0.2, 0.25) is 10.0 Å². The van der Waals surface area contributed by atoms with E-state index in [1.165, 1.54) is 10.4 Å². The zero-order valence-corrected chi connectivity index (χ0v) is 19.7. The zero-order chi connectivity index (χ0) is 23.5. The van der Waals surface area contributed by atoms with Gasteiger partial charge in [-0.25, -0.2) is 17.6 Å². The summed E-state index contributed by atoms with van der Waals surface area (Å²) in [5, 5.41) is 5.27. The first-order valence-electron chi connectivity index (χ1n) is 10.6. The van der Waals surface area contributed by atoms with Crippen LogP contribution in [0.1, 0.15) is 30.8 Å². The lowest BCUT2D eigenvalue weighted by Gasteiger charge is -2.38. The molecular weight excluding hydrogens is 433 g/mol. The summed E-state index contributed by atoms with van der Waals surface area (Å²) >= 11 is 0. The maximum atomic E-state index is 15.1. The van der Waals surface area contributed by atoms with Crippen molar-refractivity contribution in [1.82, 2.24) is 14.2 Å². The van der Waals surface area contributed by atoms with Gasteiger partial charge in [-0.05, 0) is 45.9 Å². The van der Waals surface area contributed by atoms with Crippen LogP contribution in [0, 0.1) is 19.7 Å². The summed E-state index contributed by atoms with van der Waals surface area (Å²) in [4.78, 5) is 18.7. The second-order valence-electron chi connectivity index (χ2n) is 8.09. The Bertz CT molecular complexity index is 1070. The third-order valence-corrected chi connectivity index (χ3v) is 7.42. The third kappa shape index (κ3) is 5.81. The van der Waals surface area contributed by atoms with E-state index in [2.05, 4.69) is 15.6 Å². The number of carbonyl (C=O) groups excluding carboxylic acids is 1. The predicted molar refractivity (Wildman–Crippen MR) is 124 cm³/mol. The van der Waals surface area contributed by atoms with Gasteiger partial charge in [0.1, 0.15) is 0 Å². The van der Waals surface area contributed by atoms with Gasteiger partial charge >= 0.3 is 6.03 Å². The minimum Gasteiger partial charge on any atom is -0.308 e. The topological polar surface area (TPSA) is 94.6 Å². The molecule has 2 amide bonds. The number of carbonyl (C=O) groups is 1. The minimum absolute atomic E-state index is 0.0698. The minimum atomic E-state index is -3.25. The van der Waals surface area contributed by atoms with Crippen molar-refractivity contribution in [1.29, 1.82) is 0 Å². The van der Waals surface area contributed by atoms with E-state index in [1.54, 1.807) is 31.2 Å². The van der Waals surface area contributed by atoms with Crippen molar-refractivity contribution in [3.8, 4) is 0 Å². The van der Waals surface area contributed by atoms with E-state index in [9.17, 15) is 13.2 Å². The summed E-state index contributed by atoms with van der Waals surface area (Å²) in [6.07, 6.45) is 0. The van der Waals surface area contributed by atoms with Crippen LogP contribution in [0.2, 0.25) is 0 Å². The van der Waals surface area contributed by atoms with Gasteiger partial charge in [-0.3, -0.25) is 9.88 Å². The number of rotatable bonds is 6. The van der Waals surface area contributed by atoms with Gasteiger partial charge < -0.3 is 10.6 Å². The van der Waals surface area contributed by atoms with Crippen LogP contribution < -0.4 is 10.6 Å². The maximum absolute atomic E-state index is 15.1. The van der Waals surface area contributed by atoms with E-state index < -0.39 is 21.9 Å². The van der Waals surface area contributed by atoms with Crippen molar-refractivity contribution >= 4 is 27.4 Å². The molecule has 32 heavy (non-hydrogen) atoms. The highest BCUT2D eigenvalue weighted by Crippen LogP contribution is 2.22. The molecule has 174 valence electrons. The molecule has 1 atom stereocenters. The summed E-state index contributed by atoms with van der Waals surface area (Å²) in [7, 11) is -3.25. The number of piperazine rings is 1.